The van der Waals surface area contributed by atoms with Crippen molar-refractivity contribution in [2.24, 2.45) is 22.7 Å². The maximum Gasteiger partial charge on any atom is 0.164 e. The molecule has 0 saturated carbocycles. The molecule has 0 radical (unpaired) electrons. The van der Waals surface area contributed by atoms with Crippen molar-refractivity contribution < 1.29 is 37.9 Å². The summed E-state index contributed by atoms with van der Waals surface area (Å²) in [6.07, 6.45) is 33.4. The summed E-state index contributed by atoms with van der Waals surface area (Å²) in [4.78, 5) is 0. The first-order chi connectivity index (χ1) is 37.1. The predicted molar refractivity (Wildman–Crippen MR) is 335 cm³/mol. The molecule has 4 aromatic carbocycles. The van der Waals surface area contributed by atoms with E-state index in [0.717, 1.165) is 13.2 Å². The summed E-state index contributed by atoms with van der Waals surface area (Å²) in [7, 11) is 0. The third-order valence-corrected chi connectivity index (χ3v) is 16.1. The van der Waals surface area contributed by atoms with E-state index in [9.17, 15) is 0 Å². The fraction of sp³-hybridized carbons (Fsp3) is 0.500. The van der Waals surface area contributed by atoms with Crippen LogP contribution >= 0.6 is 0 Å². The molecule has 8 rings (SSSR count). The Kier molecular flexibility index (Phi) is 24.6. The molecule has 4 heterocycles. The molecule has 436 valence electrons. The lowest BCUT2D eigenvalue weighted by Gasteiger charge is -2.60. The van der Waals surface area contributed by atoms with Gasteiger partial charge in [-0.15, -0.1) is 25.7 Å². The molecule has 4 saturated heterocycles. The zero-order valence-electron chi connectivity index (χ0n) is 52.5. The SMILES string of the molecule is C#C.C#C.CC1(C)OC(C)(C)C(C)(C)C(C)(/C=C/c2ccccc2)O1.CC1(C)OC(C)(C)C(C)(C)C(C)(/C=C/c2ccccc2)O1.C[C@@H]1COC(C)(C)O[C@H]1/C=C/c1ccccc1.C[C@H]1COC(C)(C)O[C@H]1/C=C/c1ccccc1. The van der Waals surface area contributed by atoms with E-state index < -0.39 is 34.4 Å². The number of rotatable bonds is 8. The minimum Gasteiger partial charge on any atom is -0.350 e. The number of ether oxygens (including phenoxy) is 8. The molecule has 4 aliphatic heterocycles. The maximum atomic E-state index is 6.32. The summed E-state index contributed by atoms with van der Waals surface area (Å²) in [5.41, 5.74) is 3.04. The first kappa shape index (κ1) is 68.9. The Balaban J connectivity index is 0.000000275. The van der Waals surface area contributed by atoms with Gasteiger partial charge in [-0.05, 0) is 119 Å². The van der Waals surface area contributed by atoms with Crippen LogP contribution in [0.15, 0.2) is 146 Å². The lowest BCUT2D eigenvalue weighted by Crippen LogP contribution is -2.66. The van der Waals surface area contributed by atoms with Gasteiger partial charge in [0.15, 0.2) is 23.1 Å². The van der Waals surface area contributed by atoms with Gasteiger partial charge in [0.1, 0.15) is 0 Å². The molecular formula is C72H100O8. The van der Waals surface area contributed by atoms with Crippen molar-refractivity contribution >= 4 is 24.3 Å². The summed E-state index contributed by atoms with van der Waals surface area (Å²) < 4.78 is 48.0. The summed E-state index contributed by atoms with van der Waals surface area (Å²) >= 11 is 0. The van der Waals surface area contributed by atoms with E-state index in [2.05, 4.69) is 206 Å². The topological polar surface area (TPSA) is 73.8 Å². The van der Waals surface area contributed by atoms with Gasteiger partial charge in [-0.2, -0.15) is 0 Å². The second-order valence-corrected chi connectivity index (χ2v) is 25.3. The Morgan fingerprint density at radius 2 is 0.600 bits per heavy atom. The fourth-order valence-corrected chi connectivity index (χ4v) is 9.93. The Hall–Kier alpha value is -5.36. The molecule has 4 aliphatic rings. The molecule has 2 unspecified atom stereocenters. The lowest BCUT2D eigenvalue weighted by atomic mass is 9.64. The number of hydrogen-bond donors (Lipinski definition) is 0. The van der Waals surface area contributed by atoms with Crippen molar-refractivity contribution in [1.29, 1.82) is 0 Å². The van der Waals surface area contributed by atoms with Crippen molar-refractivity contribution in [2.45, 2.75) is 196 Å². The van der Waals surface area contributed by atoms with Gasteiger partial charge in [0.25, 0.3) is 0 Å². The van der Waals surface area contributed by atoms with Crippen LogP contribution in [-0.4, -0.2) is 71.0 Å². The van der Waals surface area contributed by atoms with Crippen molar-refractivity contribution in [1.82, 2.24) is 0 Å². The van der Waals surface area contributed by atoms with Gasteiger partial charge in [-0.3, -0.25) is 0 Å². The van der Waals surface area contributed by atoms with E-state index >= 15 is 0 Å². The molecule has 4 aromatic rings. The monoisotopic (exact) mass is 1090 g/mol. The number of terminal acetylenes is 2. The van der Waals surface area contributed by atoms with E-state index in [1.807, 2.05) is 128 Å². The normalized spacial score (nSPS) is 28.1. The lowest BCUT2D eigenvalue weighted by molar-refractivity contribution is -0.389. The quantitative estimate of drug-likeness (QED) is 0.162. The van der Waals surface area contributed by atoms with Gasteiger partial charge in [-0.1, -0.05) is 211 Å². The van der Waals surface area contributed by atoms with Gasteiger partial charge < -0.3 is 37.9 Å². The second kappa shape index (κ2) is 28.6. The van der Waals surface area contributed by atoms with E-state index in [1.54, 1.807) is 0 Å². The van der Waals surface area contributed by atoms with Gasteiger partial charge in [0.2, 0.25) is 0 Å². The highest BCUT2D eigenvalue weighted by Crippen LogP contribution is 2.54. The van der Waals surface area contributed by atoms with Gasteiger partial charge in [0, 0.05) is 22.7 Å². The molecule has 8 heteroatoms. The second-order valence-electron chi connectivity index (χ2n) is 25.3. The van der Waals surface area contributed by atoms with Crippen LogP contribution in [-0.2, 0) is 37.9 Å². The van der Waals surface area contributed by atoms with Crippen molar-refractivity contribution in [2.75, 3.05) is 13.2 Å². The Morgan fingerprint density at radius 1 is 0.350 bits per heavy atom. The molecule has 0 bridgehead atoms. The van der Waals surface area contributed by atoms with Crippen LogP contribution in [0.4, 0.5) is 0 Å². The summed E-state index contributed by atoms with van der Waals surface area (Å²) in [6.45, 7) is 43.3. The van der Waals surface area contributed by atoms with Crippen LogP contribution in [0.5, 0.6) is 0 Å². The van der Waals surface area contributed by atoms with Crippen molar-refractivity contribution in [3.05, 3.63) is 168 Å². The molecule has 8 nitrogen and oxygen atoms in total. The zero-order chi connectivity index (χ0) is 60.5. The Bertz CT molecular complexity index is 2430. The molecular weight excluding hydrogens is 993 g/mol. The molecule has 6 atom stereocenters. The molecule has 80 heavy (non-hydrogen) atoms. The van der Waals surface area contributed by atoms with Gasteiger partial charge in [0.05, 0.1) is 47.8 Å². The van der Waals surface area contributed by atoms with Crippen LogP contribution < -0.4 is 0 Å². The largest absolute Gasteiger partial charge is 0.350 e. The third-order valence-electron chi connectivity index (χ3n) is 16.1. The Labute approximate surface area is 485 Å². The molecule has 0 amide bonds. The third kappa shape index (κ3) is 19.4. The summed E-state index contributed by atoms with van der Waals surface area (Å²) in [5, 5.41) is 0. The van der Waals surface area contributed by atoms with Crippen LogP contribution in [0.25, 0.3) is 24.3 Å². The van der Waals surface area contributed by atoms with Crippen molar-refractivity contribution in [3.8, 4) is 25.7 Å². The van der Waals surface area contributed by atoms with Crippen LogP contribution in [0.2, 0.25) is 0 Å². The number of hydrogen-bond acceptors (Lipinski definition) is 8. The van der Waals surface area contributed by atoms with Gasteiger partial charge in [-0.25, -0.2) is 0 Å². The fourth-order valence-electron chi connectivity index (χ4n) is 9.93. The van der Waals surface area contributed by atoms with E-state index in [-0.39, 0.29) is 34.2 Å². The van der Waals surface area contributed by atoms with Crippen LogP contribution in [0, 0.1) is 48.4 Å². The van der Waals surface area contributed by atoms with E-state index in [1.165, 1.54) is 22.3 Å². The average molecular weight is 1090 g/mol. The first-order valence-electron chi connectivity index (χ1n) is 28.2. The van der Waals surface area contributed by atoms with Crippen molar-refractivity contribution in [3.63, 3.8) is 0 Å². The number of benzene rings is 4. The zero-order valence-corrected chi connectivity index (χ0v) is 52.5. The highest BCUT2D eigenvalue weighted by Gasteiger charge is 2.60. The Morgan fingerprint density at radius 3 is 0.863 bits per heavy atom. The molecule has 0 spiro atoms. The summed E-state index contributed by atoms with van der Waals surface area (Å²) in [5.74, 6) is -1.37. The molecule has 4 fully saturated rings. The summed E-state index contributed by atoms with van der Waals surface area (Å²) in [6, 6.07) is 41.2. The van der Waals surface area contributed by atoms with E-state index in [4.69, 9.17) is 37.9 Å². The minimum absolute atomic E-state index is 0.124. The maximum absolute atomic E-state index is 6.32. The predicted octanol–water partition coefficient (Wildman–Crippen LogP) is 17.6. The standard InChI is InChI=1S/2C19H28O2.2C15H20O2.2C2H2/c2*1-16(2)17(3,4)20-18(5,6)21-19(16,7)14-13-15-11-9-8-10-12-15;2*1-12-11-16-15(2,3)17-14(12)10-9-13-7-5-4-6-8-13;2*1-2/h2*8-14H,1-7H3;2*4-10,12,14H,11H2,1-3H3;2*1-2H/b2*14-13+;2*10-9+;;/t;;12-,14+;12-,14-;;/m..10../s1. The van der Waals surface area contributed by atoms with Crippen LogP contribution in [0.1, 0.15) is 161 Å². The van der Waals surface area contributed by atoms with Gasteiger partial charge >= 0.3 is 0 Å². The molecule has 0 aliphatic carbocycles. The molecule has 0 aromatic heterocycles. The highest BCUT2D eigenvalue weighted by atomic mass is 16.7. The van der Waals surface area contributed by atoms with Crippen LogP contribution in [0.3, 0.4) is 0 Å². The molecule has 0 N–H and O–H groups in total. The van der Waals surface area contributed by atoms with E-state index in [0.29, 0.717) is 11.8 Å². The smallest absolute Gasteiger partial charge is 0.164 e. The minimum atomic E-state index is -0.602. The average Bonchev–Trinajstić information content (AvgIpc) is 3.39. The first-order valence-corrected chi connectivity index (χ1v) is 28.2. The highest BCUT2D eigenvalue weighted by molar-refractivity contribution is 5.52.